The number of nitrogens with zero attached hydrogens (tertiary/aromatic N) is 4. The smallest absolute Gasteiger partial charge is 0.233 e. The quantitative estimate of drug-likeness (QED) is 0.788. The normalized spacial score (nSPS) is 15.9. The third kappa shape index (κ3) is 4.38. The summed E-state index contributed by atoms with van der Waals surface area (Å²) in [7, 11) is 0. The van der Waals surface area contributed by atoms with Gasteiger partial charge in [-0.1, -0.05) is 30.0 Å². The molecule has 2 aromatic rings. The molecule has 1 aliphatic rings. The van der Waals surface area contributed by atoms with Gasteiger partial charge in [0.15, 0.2) is 5.16 Å². The van der Waals surface area contributed by atoms with Crippen molar-refractivity contribution in [1.82, 2.24) is 20.1 Å². The highest BCUT2D eigenvalue weighted by Gasteiger charge is 2.24. The summed E-state index contributed by atoms with van der Waals surface area (Å²) in [5, 5.41) is 12.4. The third-order valence-electron chi connectivity index (χ3n) is 4.35. The van der Waals surface area contributed by atoms with Crippen LogP contribution in [0.5, 0.6) is 0 Å². The summed E-state index contributed by atoms with van der Waals surface area (Å²) in [6, 6.07) is 10.3. The number of aromatic nitrogens is 3. The van der Waals surface area contributed by atoms with Gasteiger partial charge < -0.3 is 10.2 Å². The lowest BCUT2D eigenvalue weighted by Gasteiger charge is -2.28. The van der Waals surface area contributed by atoms with Crippen LogP contribution < -0.4 is 10.2 Å². The fraction of sp³-hybridized carbons (Fsp3) is 0.526. The lowest BCUT2D eigenvalue weighted by Crippen LogP contribution is -2.36. The molecule has 1 aromatic carbocycles. The third-order valence-corrected chi connectivity index (χ3v) is 5.39. The summed E-state index contributed by atoms with van der Waals surface area (Å²) in [4.78, 5) is 14.6. The molecule has 7 heteroatoms. The maximum atomic E-state index is 12.3. The van der Waals surface area contributed by atoms with E-state index >= 15 is 0 Å². The monoisotopic (exact) mass is 373 g/mol. The van der Waals surface area contributed by atoms with Crippen molar-refractivity contribution in [3.8, 4) is 5.69 Å². The Labute approximate surface area is 159 Å². The first-order valence-electron chi connectivity index (χ1n) is 9.29. The fourth-order valence-corrected chi connectivity index (χ4v) is 3.93. The summed E-state index contributed by atoms with van der Waals surface area (Å²) in [5.41, 5.74) is 1.03. The van der Waals surface area contributed by atoms with Crippen LogP contribution in [0.3, 0.4) is 0 Å². The first kappa shape index (κ1) is 18.8. The van der Waals surface area contributed by atoms with E-state index in [-0.39, 0.29) is 17.2 Å². The molecule has 3 rings (SSSR count). The Morgan fingerprint density at radius 2 is 1.77 bits per heavy atom. The highest BCUT2D eigenvalue weighted by atomic mass is 32.2. The Morgan fingerprint density at radius 3 is 2.42 bits per heavy atom. The largest absolute Gasteiger partial charge is 0.353 e. The first-order chi connectivity index (χ1) is 12.6. The van der Waals surface area contributed by atoms with Gasteiger partial charge >= 0.3 is 0 Å². The van der Waals surface area contributed by atoms with Crippen LogP contribution in [0.15, 0.2) is 35.5 Å². The Morgan fingerprint density at radius 1 is 1.08 bits per heavy atom. The number of rotatable bonds is 6. The molecule has 0 spiro atoms. The molecule has 0 aliphatic carbocycles. The predicted octanol–water partition coefficient (Wildman–Crippen LogP) is 3.26. The van der Waals surface area contributed by atoms with Gasteiger partial charge in [-0.2, -0.15) is 0 Å². The molecule has 1 unspecified atom stereocenters. The van der Waals surface area contributed by atoms with Crippen LogP contribution in [0, 0.1) is 0 Å². The summed E-state index contributed by atoms with van der Waals surface area (Å²) in [6.07, 6.45) is 3.62. The van der Waals surface area contributed by atoms with Crippen molar-refractivity contribution < 1.29 is 4.79 Å². The maximum Gasteiger partial charge on any atom is 0.233 e. The van der Waals surface area contributed by atoms with Crippen molar-refractivity contribution >= 4 is 23.6 Å². The van der Waals surface area contributed by atoms with E-state index in [1.54, 1.807) is 0 Å². The molecule has 1 saturated heterocycles. The first-order valence-corrected chi connectivity index (χ1v) is 10.2. The number of carbonyl (C=O) groups is 1. The number of para-hydroxylation sites is 1. The van der Waals surface area contributed by atoms with Gasteiger partial charge in [0, 0.05) is 19.1 Å². The minimum atomic E-state index is -0.238. The summed E-state index contributed by atoms with van der Waals surface area (Å²) in [5.74, 6) is 0.891. The molecule has 0 saturated carbocycles. The standard InChI is InChI=1S/C19H27N5OS/c1-14(2)20-17(25)15(3)26-19-22-21-18(23-12-8-5-9-13-23)24(19)16-10-6-4-7-11-16/h4,6-7,10-11,14-15H,5,8-9,12-13H2,1-3H3,(H,20,25). The van der Waals surface area contributed by atoms with Gasteiger partial charge in [0.25, 0.3) is 0 Å². The van der Waals surface area contributed by atoms with Crippen molar-refractivity contribution in [3.63, 3.8) is 0 Å². The molecule has 1 aromatic heterocycles. The minimum Gasteiger partial charge on any atom is -0.353 e. The van der Waals surface area contributed by atoms with Crippen molar-refractivity contribution in [2.24, 2.45) is 0 Å². The average molecular weight is 374 g/mol. The van der Waals surface area contributed by atoms with E-state index in [1.165, 1.54) is 31.0 Å². The Kier molecular flexibility index (Phi) is 6.19. The lowest BCUT2D eigenvalue weighted by atomic mass is 10.1. The molecule has 0 bridgehead atoms. The molecule has 2 heterocycles. The van der Waals surface area contributed by atoms with E-state index in [4.69, 9.17) is 0 Å². The van der Waals surface area contributed by atoms with Crippen molar-refractivity contribution in [1.29, 1.82) is 0 Å². The number of thioether (sulfide) groups is 1. The van der Waals surface area contributed by atoms with Gasteiger partial charge in [0.05, 0.1) is 10.9 Å². The predicted molar refractivity (Wildman–Crippen MR) is 106 cm³/mol. The Bertz CT molecular complexity index is 725. The van der Waals surface area contributed by atoms with E-state index in [1.807, 2.05) is 39.0 Å². The van der Waals surface area contributed by atoms with E-state index in [2.05, 4.69) is 37.1 Å². The molecule has 1 atom stereocenters. The number of benzene rings is 1. The second-order valence-electron chi connectivity index (χ2n) is 6.92. The molecular weight excluding hydrogens is 346 g/mol. The van der Waals surface area contributed by atoms with Gasteiger partial charge in [-0.3, -0.25) is 9.36 Å². The van der Waals surface area contributed by atoms with E-state index in [0.29, 0.717) is 0 Å². The van der Waals surface area contributed by atoms with Gasteiger partial charge in [-0.05, 0) is 52.2 Å². The highest BCUT2D eigenvalue weighted by molar-refractivity contribution is 8.00. The molecule has 140 valence electrons. The van der Waals surface area contributed by atoms with E-state index < -0.39 is 0 Å². The Hall–Kier alpha value is -2.02. The van der Waals surface area contributed by atoms with Crippen molar-refractivity contribution in [2.45, 2.75) is 56.5 Å². The van der Waals surface area contributed by atoms with Crippen LogP contribution >= 0.6 is 11.8 Å². The number of nitrogens with one attached hydrogen (secondary N) is 1. The zero-order valence-electron chi connectivity index (χ0n) is 15.7. The molecule has 1 N–H and O–H groups in total. The van der Waals surface area contributed by atoms with E-state index in [9.17, 15) is 4.79 Å². The summed E-state index contributed by atoms with van der Waals surface area (Å²) >= 11 is 1.45. The topological polar surface area (TPSA) is 63.1 Å². The molecule has 1 fully saturated rings. The van der Waals surface area contributed by atoms with Crippen LogP contribution in [0.2, 0.25) is 0 Å². The van der Waals surface area contributed by atoms with Crippen molar-refractivity contribution in [3.05, 3.63) is 30.3 Å². The minimum absolute atomic E-state index is 0.0205. The SMILES string of the molecule is CC(C)NC(=O)C(C)Sc1nnc(N2CCCCC2)n1-c1ccccc1. The van der Waals surface area contributed by atoms with Gasteiger partial charge in [0.2, 0.25) is 11.9 Å². The van der Waals surface area contributed by atoms with Crippen LogP contribution in [0.25, 0.3) is 5.69 Å². The molecule has 0 radical (unpaired) electrons. The van der Waals surface area contributed by atoms with Gasteiger partial charge in [0.1, 0.15) is 0 Å². The number of carbonyl (C=O) groups excluding carboxylic acids is 1. The highest BCUT2D eigenvalue weighted by Crippen LogP contribution is 2.30. The fourth-order valence-electron chi connectivity index (χ4n) is 3.05. The second kappa shape index (κ2) is 8.58. The zero-order chi connectivity index (χ0) is 18.5. The molecule has 26 heavy (non-hydrogen) atoms. The zero-order valence-corrected chi connectivity index (χ0v) is 16.5. The molecule has 6 nitrogen and oxygen atoms in total. The number of amides is 1. The van der Waals surface area contributed by atoms with Gasteiger partial charge in [-0.25, -0.2) is 0 Å². The van der Waals surface area contributed by atoms with E-state index in [0.717, 1.165) is 29.9 Å². The van der Waals surface area contributed by atoms with Crippen molar-refractivity contribution in [2.75, 3.05) is 18.0 Å². The molecule has 1 aliphatic heterocycles. The summed E-state index contributed by atoms with van der Waals surface area (Å²) in [6.45, 7) is 7.84. The van der Waals surface area contributed by atoms with Crippen LogP contribution in [0.4, 0.5) is 5.95 Å². The number of piperidine rings is 1. The van der Waals surface area contributed by atoms with Gasteiger partial charge in [-0.15, -0.1) is 10.2 Å². The number of anilines is 1. The van der Waals surface area contributed by atoms with Crippen LogP contribution in [-0.4, -0.2) is 45.1 Å². The second-order valence-corrected chi connectivity index (χ2v) is 8.23. The molecule has 1 amide bonds. The van der Waals surface area contributed by atoms with Crippen LogP contribution in [0.1, 0.15) is 40.0 Å². The Balaban J connectivity index is 1.90. The lowest BCUT2D eigenvalue weighted by molar-refractivity contribution is -0.120. The molecular formula is C19H27N5OS. The number of hydrogen-bond acceptors (Lipinski definition) is 5. The van der Waals surface area contributed by atoms with Crippen LogP contribution in [-0.2, 0) is 4.79 Å². The maximum absolute atomic E-state index is 12.3. The number of hydrogen-bond donors (Lipinski definition) is 1. The summed E-state index contributed by atoms with van der Waals surface area (Å²) < 4.78 is 2.08. The average Bonchev–Trinajstić information content (AvgIpc) is 3.06.